The second-order valence-electron chi connectivity index (χ2n) is 6.42. The monoisotopic (exact) mass is 296 g/mol. The van der Waals surface area contributed by atoms with Crippen LogP contribution in [0.4, 0.5) is 0 Å². The number of rotatable bonds is 3. The molecule has 6 nitrogen and oxygen atoms in total. The molecule has 3 unspecified atom stereocenters. The maximum atomic E-state index is 12.5. The third-order valence-electron chi connectivity index (χ3n) is 5.17. The maximum Gasteiger partial charge on any atom is 0.306 e. The molecule has 3 atom stereocenters. The number of nitrogens with zero attached hydrogens (tertiary/aromatic N) is 2. The van der Waals surface area contributed by atoms with Crippen LogP contribution in [0.3, 0.4) is 0 Å². The minimum absolute atomic E-state index is 0.0745. The molecule has 0 aromatic heterocycles. The van der Waals surface area contributed by atoms with Gasteiger partial charge in [-0.1, -0.05) is 0 Å². The van der Waals surface area contributed by atoms with E-state index in [1.165, 1.54) is 0 Å². The van der Waals surface area contributed by atoms with Gasteiger partial charge in [0.2, 0.25) is 5.91 Å². The predicted molar refractivity (Wildman–Crippen MR) is 75.8 cm³/mol. The van der Waals surface area contributed by atoms with Crippen molar-refractivity contribution in [3.63, 3.8) is 0 Å². The highest BCUT2D eigenvalue weighted by molar-refractivity contribution is 5.81. The van der Waals surface area contributed by atoms with Gasteiger partial charge in [0.1, 0.15) is 0 Å². The summed E-state index contributed by atoms with van der Waals surface area (Å²) in [4.78, 5) is 27.9. The number of carboxylic acids is 1. The van der Waals surface area contributed by atoms with E-state index in [2.05, 4.69) is 4.90 Å². The lowest BCUT2D eigenvalue weighted by molar-refractivity contribution is -0.141. The third kappa shape index (κ3) is 3.21. The summed E-state index contributed by atoms with van der Waals surface area (Å²) in [7, 11) is 0. The summed E-state index contributed by atoms with van der Waals surface area (Å²) < 4.78 is 5.37. The van der Waals surface area contributed by atoms with Crippen LogP contribution in [0.25, 0.3) is 0 Å². The molecular formula is C15H24N2O4. The first kappa shape index (κ1) is 14.8. The van der Waals surface area contributed by atoms with Crippen molar-refractivity contribution in [2.45, 2.75) is 31.7 Å². The maximum absolute atomic E-state index is 12.5. The van der Waals surface area contributed by atoms with E-state index in [1.807, 2.05) is 4.90 Å². The summed E-state index contributed by atoms with van der Waals surface area (Å²) in [5.74, 6) is -0.974. The smallest absolute Gasteiger partial charge is 0.306 e. The molecule has 2 aliphatic heterocycles. The Hall–Kier alpha value is -1.14. The van der Waals surface area contributed by atoms with Crippen molar-refractivity contribution < 1.29 is 19.4 Å². The molecule has 2 saturated heterocycles. The summed E-state index contributed by atoms with van der Waals surface area (Å²) in [6.45, 7) is 5.09. The molecule has 3 fully saturated rings. The van der Waals surface area contributed by atoms with Crippen LogP contribution in [0.15, 0.2) is 0 Å². The number of ether oxygens (including phenoxy) is 1. The Kier molecular flexibility index (Phi) is 4.45. The Balaban J connectivity index is 1.51. The second-order valence-corrected chi connectivity index (χ2v) is 6.42. The second kappa shape index (κ2) is 6.32. The van der Waals surface area contributed by atoms with Crippen molar-refractivity contribution in [1.82, 2.24) is 9.80 Å². The first-order chi connectivity index (χ1) is 10.1. The van der Waals surface area contributed by atoms with Crippen molar-refractivity contribution in [2.24, 2.45) is 11.8 Å². The number of aliphatic carboxylic acids is 1. The summed E-state index contributed by atoms with van der Waals surface area (Å²) in [5.41, 5.74) is 0. The van der Waals surface area contributed by atoms with Gasteiger partial charge in [-0.2, -0.15) is 0 Å². The van der Waals surface area contributed by atoms with Gasteiger partial charge in [-0.25, -0.2) is 0 Å². The quantitative estimate of drug-likeness (QED) is 0.817. The molecule has 1 saturated carbocycles. The van der Waals surface area contributed by atoms with E-state index >= 15 is 0 Å². The fraction of sp³-hybridized carbons (Fsp3) is 0.867. The molecule has 3 aliphatic rings. The number of amides is 1. The number of likely N-dealkylation sites (tertiary alicyclic amines) is 1. The van der Waals surface area contributed by atoms with Crippen molar-refractivity contribution in [1.29, 1.82) is 0 Å². The molecule has 2 heterocycles. The highest BCUT2D eigenvalue weighted by Crippen LogP contribution is 2.33. The van der Waals surface area contributed by atoms with Crippen LogP contribution < -0.4 is 0 Å². The van der Waals surface area contributed by atoms with Gasteiger partial charge in [-0.05, 0) is 25.7 Å². The predicted octanol–water partition coefficient (Wildman–Crippen LogP) is 0.420. The van der Waals surface area contributed by atoms with Crippen LogP contribution in [0.2, 0.25) is 0 Å². The summed E-state index contributed by atoms with van der Waals surface area (Å²) >= 11 is 0. The average molecular weight is 296 g/mol. The van der Waals surface area contributed by atoms with Crippen LogP contribution in [0.5, 0.6) is 0 Å². The molecule has 1 aliphatic carbocycles. The molecule has 0 spiro atoms. The van der Waals surface area contributed by atoms with E-state index in [0.29, 0.717) is 18.9 Å². The molecule has 0 radical (unpaired) electrons. The third-order valence-corrected chi connectivity index (χ3v) is 5.17. The lowest BCUT2D eigenvalue weighted by Crippen LogP contribution is -2.45. The normalized spacial score (nSPS) is 34.3. The molecule has 6 heteroatoms. The SMILES string of the molecule is O=C(O)C1CCC(C(=O)N2CCC(N3CCOCC3)C2)C1. The van der Waals surface area contributed by atoms with Crippen LogP contribution >= 0.6 is 0 Å². The molecule has 0 bridgehead atoms. The molecule has 1 amide bonds. The largest absolute Gasteiger partial charge is 0.481 e. The first-order valence-corrected chi connectivity index (χ1v) is 7.98. The van der Waals surface area contributed by atoms with Crippen molar-refractivity contribution >= 4 is 11.9 Å². The number of morpholine rings is 1. The van der Waals surface area contributed by atoms with E-state index in [0.717, 1.165) is 52.2 Å². The van der Waals surface area contributed by atoms with Gasteiger partial charge in [0.15, 0.2) is 0 Å². The lowest BCUT2D eigenvalue weighted by atomic mass is 10.0. The Labute approximate surface area is 125 Å². The Bertz CT molecular complexity index is 408. The standard InChI is InChI=1S/C15H24N2O4/c18-14(11-1-2-12(9-11)15(19)20)17-4-3-13(10-17)16-5-7-21-8-6-16/h11-13H,1-10H2,(H,19,20). The van der Waals surface area contributed by atoms with E-state index in [-0.39, 0.29) is 17.7 Å². The van der Waals surface area contributed by atoms with Crippen LogP contribution in [-0.4, -0.2) is 72.2 Å². The number of carbonyl (C=O) groups is 2. The Morgan fingerprint density at radius 3 is 2.38 bits per heavy atom. The van der Waals surface area contributed by atoms with E-state index in [1.54, 1.807) is 0 Å². The van der Waals surface area contributed by atoms with Gasteiger partial charge in [0, 0.05) is 38.1 Å². The minimum atomic E-state index is -0.752. The van der Waals surface area contributed by atoms with Gasteiger partial charge < -0.3 is 14.7 Å². The summed E-state index contributed by atoms with van der Waals surface area (Å²) in [6.07, 6.45) is 2.93. The van der Waals surface area contributed by atoms with Crippen molar-refractivity contribution in [3.8, 4) is 0 Å². The summed E-state index contributed by atoms with van der Waals surface area (Å²) in [5, 5.41) is 9.05. The van der Waals surface area contributed by atoms with E-state index < -0.39 is 5.97 Å². The Morgan fingerprint density at radius 1 is 1.00 bits per heavy atom. The van der Waals surface area contributed by atoms with E-state index in [9.17, 15) is 9.59 Å². The minimum Gasteiger partial charge on any atom is -0.481 e. The Morgan fingerprint density at radius 2 is 1.71 bits per heavy atom. The highest BCUT2D eigenvalue weighted by Gasteiger charge is 2.38. The van der Waals surface area contributed by atoms with Gasteiger partial charge >= 0.3 is 5.97 Å². The van der Waals surface area contributed by atoms with Crippen LogP contribution in [-0.2, 0) is 14.3 Å². The number of hydrogen-bond acceptors (Lipinski definition) is 4. The number of hydrogen-bond donors (Lipinski definition) is 1. The zero-order valence-electron chi connectivity index (χ0n) is 12.4. The van der Waals surface area contributed by atoms with Crippen molar-refractivity contribution in [2.75, 3.05) is 39.4 Å². The van der Waals surface area contributed by atoms with Gasteiger partial charge in [0.05, 0.1) is 19.1 Å². The molecule has 1 N–H and O–H groups in total. The molecule has 0 aromatic carbocycles. The molecule has 0 aromatic rings. The average Bonchev–Trinajstić information content (AvgIpc) is 3.17. The molecular weight excluding hydrogens is 272 g/mol. The van der Waals surface area contributed by atoms with Gasteiger partial charge in [-0.15, -0.1) is 0 Å². The van der Waals surface area contributed by atoms with Crippen LogP contribution in [0.1, 0.15) is 25.7 Å². The zero-order valence-corrected chi connectivity index (χ0v) is 12.4. The molecule has 118 valence electrons. The van der Waals surface area contributed by atoms with Gasteiger partial charge in [0.25, 0.3) is 0 Å². The fourth-order valence-electron chi connectivity index (χ4n) is 3.87. The summed E-state index contributed by atoms with van der Waals surface area (Å²) in [6, 6.07) is 0.453. The number of carbonyl (C=O) groups excluding carboxylic acids is 1. The number of carboxylic acid groups (broad SMARTS) is 1. The molecule has 21 heavy (non-hydrogen) atoms. The van der Waals surface area contributed by atoms with Gasteiger partial charge in [-0.3, -0.25) is 14.5 Å². The first-order valence-electron chi connectivity index (χ1n) is 7.98. The van der Waals surface area contributed by atoms with Crippen LogP contribution in [0, 0.1) is 11.8 Å². The lowest BCUT2D eigenvalue weighted by Gasteiger charge is -2.32. The highest BCUT2D eigenvalue weighted by atomic mass is 16.5. The van der Waals surface area contributed by atoms with E-state index in [4.69, 9.17) is 9.84 Å². The zero-order chi connectivity index (χ0) is 14.8. The molecule has 3 rings (SSSR count). The topological polar surface area (TPSA) is 70.1 Å². The fourth-order valence-corrected chi connectivity index (χ4v) is 3.87. The van der Waals surface area contributed by atoms with Crippen molar-refractivity contribution in [3.05, 3.63) is 0 Å².